The molecule has 0 spiro atoms. The van der Waals surface area contributed by atoms with E-state index in [0.717, 1.165) is 27.2 Å². The van der Waals surface area contributed by atoms with E-state index in [9.17, 15) is 0 Å². The molecule has 0 aliphatic carbocycles. The second kappa shape index (κ2) is 3.78. The number of nitrogens with two attached hydrogens (primary N) is 1. The highest BCUT2D eigenvalue weighted by atomic mass is 32.1. The molecular weight excluding hydrogens is 232 g/mol. The summed E-state index contributed by atoms with van der Waals surface area (Å²) in [6.07, 6.45) is 0. The Hall–Kier alpha value is -2.01. The molecule has 3 aromatic rings. The molecule has 0 aliphatic rings. The average molecular weight is 242 g/mol. The van der Waals surface area contributed by atoms with E-state index in [-0.39, 0.29) is 0 Å². The number of fused-ring (bicyclic) bond motifs is 1. The number of hydrogen-bond donors (Lipinski definition) is 1. The Kier molecular flexibility index (Phi) is 2.26. The number of aromatic nitrogens is 3. The Labute approximate surface area is 102 Å². The number of nitrogens with zero attached hydrogens (tertiary/aromatic N) is 3. The first-order chi connectivity index (χ1) is 8.24. The summed E-state index contributed by atoms with van der Waals surface area (Å²) in [5.41, 5.74) is 8.61. The lowest BCUT2D eigenvalue weighted by atomic mass is 10.1. The lowest BCUT2D eigenvalue weighted by molar-refractivity contribution is 1.10. The van der Waals surface area contributed by atoms with Crippen molar-refractivity contribution in [1.29, 1.82) is 0 Å². The van der Waals surface area contributed by atoms with Gasteiger partial charge in [-0.15, -0.1) is 10.2 Å². The smallest absolute Gasteiger partial charge is 0.203 e. The van der Waals surface area contributed by atoms with E-state index in [1.165, 1.54) is 11.3 Å². The Morgan fingerprint density at radius 3 is 2.76 bits per heavy atom. The fraction of sp³-hybridized carbons (Fsp3) is 0.0833. The molecule has 0 atom stereocenters. The molecular formula is C12H10N4S. The van der Waals surface area contributed by atoms with Crippen molar-refractivity contribution >= 4 is 27.4 Å². The molecule has 0 saturated heterocycles. The van der Waals surface area contributed by atoms with Crippen molar-refractivity contribution in [2.75, 3.05) is 5.73 Å². The summed E-state index contributed by atoms with van der Waals surface area (Å²) in [4.78, 5) is 4.49. The molecule has 0 radical (unpaired) electrons. The quantitative estimate of drug-likeness (QED) is 0.712. The van der Waals surface area contributed by atoms with Crippen LogP contribution in [0.25, 0.3) is 21.5 Å². The Bertz CT molecular complexity index is 690. The van der Waals surface area contributed by atoms with E-state index in [1.54, 1.807) is 0 Å². The number of nitrogen functional groups attached to an aromatic ring is 1. The molecule has 0 fully saturated rings. The minimum Gasteiger partial charge on any atom is -0.374 e. The van der Waals surface area contributed by atoms with E-state index in [2.05, 4.69) is 15.2 Å². The van der Waals surface area contributed by atoms with Crippen LogP contribution < -0.4 is 5.73 Å². The summed E-state index contributed by atoms with van der Waals surface area (Å²) < 4.78 is 0. The first-order valence-corrected chi connectivity index (χ1v) is 6.01. The van der Waals surface area contributed by atoms with E-state index in [0.29, 0.717) is 5.13 Å². The fourth-order valence-corrected chi connectivity index (χ4v) is 2.47. The number of aryl methyl sites for hydroxylation is 1. The lowest BCUT2D eigenvalue weighted by Gasteiger charge is -2.04. The molecule has 0 bridgehead atoms. The van der Waals surface area contributed by atoms with Crippen LogP contribution in [0.1, 0.15) is 5.69 Å². The summed E-state index contributed by atoms with van der Waals surface area (Å²) in [5, 5.41) is 10.3. The number of rotatable bonds is 1. The third-order valence-electron chi connectivity index (χ3n) is 2.52. The monoisotopic (exact) mass is 242 g/mol. The van der Waals surface area contributed by atoms with Crippen LogP contribution >= 0.6 is 11.3 Å². The number of pyridine rings is 1. The number of benzene rings is 1. The maximum absolute atomic E-state index is 5.63. The molecule has 1 aromatic carbocycles. The van der Waals surface area contributed by atoms with Gasteiger partial charge in [0.25, 0.3) is 0 Å². The van der Waals surface area contributed by atoms with Crippen molar-refractivity contribution in [2.45, 2.75) is 6.92 Å². The summed E-state index contributed by atoms with van der Waals surface area (Å²) in [7, 11) is 0. The zero-order chi connectivity index (χ0) is 11.8. The first kappa shape index (κ1) is 10.2. The minimum atomic E-state index is 0.485. The van der Waals surface area contributed by atoms with Crippen molar-refractivity contribution in [3.05, 3.63) is 36.0 Å². The van der Waals surface area contributed by atoms with Crippen LogP contribution in [0.5, 0.6) is 0 Å². The van der Waals surface area contributed by atoms with Gasteiger partial charge >= 0.3 is 0 Å². The second-order valence-corrected chi connectivity index (χ2v) is 4.78. The molecule has 17 heavy (non-hydrogen) atoms. The van der Waals surface area contributed by atoms with Gasteiger partial charge < -0.3 is 5.73 Å². The van der Waals surface area contributed by atoms with Crippen LogP contribution in [0.2, 0.25) is 0 Å². The Morgan fingerprint density at radius 1 is 1.18 bits per heavy atom. The van der Waals surface area contributed by atoms with Crippen molar-refractivity contribution in [3.63, 3.8) is 0 Å². The van der Waals surface area contributed by atoms with Crippen LogP contribution in [0.3, 0.4) is 0 Å². The van der Waals surface area contributed by atoms with Gasteiger partial charge in [-0.1, -0.05) is 29.5 Å². The maximum Gasteiger partial charge on any atom is 0.203 e. The zero-order valence-corrected chi connectivity index (χ0v) is 10.0. The molecule has 3 rings (SSSR count). The molecule has 4 nitrogen and oxygen atoms in total. The van der Waals surface area contributed by atoms with Gasteiger partial charge in [0, 0.05) is 16.6 Å². The molecule has 0 unspecified atom stereocenters. The summed E-state index contributed by atoms with van der Waals surface area (Å²) in [5.74, 6) is 0. The number of hydrogen-bond acceptors (Lipinski definition) is 5. The van der Waals surface area contributed by atoms with Crippen LogP contribution in [0, 0.1) is 6.92 Å². The molecule has 2 N–H and O–H groups in total. The third kappa shape index (κ3) is 1.74. The normalized spacial score (nSPS) is 10.9. The molecule has 84 valence electrons. The van der Waals surface area contributed by atoms with Crippen LogP contribution in [-0.2, 0) is 0 Å². The molecule has 5 heteroatoms. The van der Waals surface area contributed by atoms with Crippen molar-refractivity contribution in [1.82, 2.24) is 15.2 Å². The lowest BCUT2D eigenvalue weighted by Crippen LogP contribution is -1.87. The topological polar surface area (TPSA) is 64.7 Å². The first-order valence-electron chi connectivity index (χ1n) is 5.20. The number of para-hydroxylation sites is 1. The van der Waals surface area contributed by atoms with E-state index in [1.807, 2.05) is 37.3 Å². The average Bonchev–Trinajstić information content (AvgIpc) is 2.74. The molecule has 0 saturated carbocycles. The highest BCUT2D eigenvalue weighted by Crippen LogP contribution is 2.31. The number of anilines is 1. The van der Waals surface area contributed by atoms with Gasteiger partial charge in [0.1, 0.15) is 5.01 Å². The fourth-order valence-electron chi connectivity index (χ4n) is 1.83. The van der Waals surface area contributed by atoms with Gasteiger partial charge in [0.05, 0.1) is 5.52 Å². The SMILES string of the molecule is Cc1cc(-c2nnc(N)s2)c2ccccc2n1. The van der Waals surface area contributed by atoms with Gasteiger partial charge in [-0.25, -0.2) is 0 Å². The second-order valence-electron chi connectivity index (χ2n) is 3.77. The predicted octanol–water partition coefficient (Wildman–Crippen LogP) is 2.64. The Morgan fingerprint density at radius 2 is 2.00 bits per heavy atom. The van der Waals surface area contributed by atoms with Crippen molar-refractivity contribution < 1.29 is 0 Å². The summed E-state index contributed by atoms with van der Waals surface area (Å²) in [6.45, 7) is 1.97. The molecule has 0 amide bonds. The van der Waals surface area contributed by atoms with Crippen molar-refractivity contribution in [3.8, 4) is 10.6 Å². The van der Waals surface area contributed by atoms with Gasteiger partial charge in [0.2, 0.25) is 5.13 Å². The van der Waals surface area contributed by atoms with E-state index < -0.39 is 0 Å². The minimum absolute atomic E-state index is 0.485. The van der Waals surface area contributed by atoms with Gasteiger partial charge in [-0.2, -0.15) is 0 Å². The highest BCUT2D eigenvalue weighted by Gasteiger charge is 2.10. The molecule has 2 aromatic heterocycles. The molecule has 0 aliphatic heterocycles. The zero-order valence-electron chi connectivity index (χ0n) is 9.21. The van der Waals surface area contributed by atoms with Crippen molar-refractivity contribution in [2.24, 2.45) is 0 Å². The molecule has 2 heterocycles. The highest BCUT2D eigenvalue weighted by molar-refractivity contribution is 7.18. The predicted molar refractivity (Wildman–Crippen MR) is 69.8 cm³/mol. The van der Waals surface area contributed by atoms with Gasteiger partial charge in [0.15, 0.2) is 0 Å². The standard InChI is InChI=1S/C12H10N4S/c1-7-6-9(11-15-16-12(13)17-11)8-4-2-3-5-10(8)14-7/h2-6H,1H3,(H2,13,16). The summed E-state index contributed by atoms with van der Waals surface area (Å²) in [6, 6.07) is 10.0. The van der Waals surface area contributed by atoms with Crippen LogP contribution in [-0.4, -0.2) is 15.2 Å². The van der Waals surface area contributed by atoms with Gasteiger partial charge in [-0.05, 0) is 19.1 Å². The van der Waals surface area contributed by atoms with Gasteiger partial charge in [-0.3, -0.25) is 4.98 Å². The summed E-state index contributed by atoms with van der Waals surface area (Å²) >= 11 is 1.39. The van der Waals surface area contributed by atoms with Crippen LogP contribution in [0.15, 0.2) is 30.3 Å². The largest absolute Gasteiger partial charge is 0.374 e. The Balaban J connectivity index is 2.35. The van der Waals surface area contributed by atoms with E-state index >= 15 is 0 Å². The maximum atomic E-state index is 5.63. The van der Waals surface area contributed by atoms with Crippen LogP contribution in [0.4, 0.5) is 5.13 Å². The van der Waals surface area contributed by atoms with E-state index in [4.69, 9.17) is 5.73 Å². The third-order valence-corrected chi connectivity index (χ3v) is 3.30.